The van der Waals surface area contributed by atoms with E-state index in [9.17, 15) is 19.8 Å². The van der Waals surface area contributed by atoms with Crippen LogP contribution in [0, 0.1) is 0 Å². The van der Waals surface area contributed by atoms with Crippen molar-refractivity contribution >= 4 is 33.5 Å². The molecule has 0 aliphatic carbocycles. The van der Waals surface area contributed by atoms with E-state index in [-0.39, 0.29) is 21.9 Å². The number of benzene rings is 5. The van der Waals surface area contributed by atoms with Gasteiger partial charge in [-0.1, -0.05) is 48.5 Å². The second-order valence-corrected chi connectivity index (χ2v) is 7.62. The van der Waals surface area contributed by atoms with Crippen LogP contribution >= 0.6 is 0 Å². The van der Waals surface area contributed by atoms with Gasteiger partial charge in [-0.3, -0.25) is 0 Å². The highest BCUT2D eigenvalue weighted by atomic mass is 16.5. The lowest BCUT2D eigenvalue weighted by Crippen LogP contribution is -2.08. The second kappa shape index (κ2) is 8.60. The average molecular weight is 450 g/mol. The highest BCUT2D eigenvalue weighted by molar-refractivity contribution is 6.16. The number of para-hydroxylation sites is 2. The Morgan fingerprint density at radius 1 is 0.500 bits per heavy atom. The summed E-state index contributed by atoms with van der Waals surface area (Å²) in [5.41, 5.74) is 0.432. The fourth-order valence-corrected chi connectivity index (χ4v) is 3.77. The number of hydrogen-bond donors (Lipinski definition) is 2. The minimum absolute atomic E-state index is 0.216. The van der Waals surface area contributed by atoms with E-state index < -0.39 is 23.4 Å². The van der Waals surface area contributed by atoms with E-state index in [1.54, 1.807) is 72.8 Å². The number of hydrogen-bond acceptors (Lipinski definition) is 6. The molecule has 0 saturated heterocycles. The smallest absolute Gasteiger partial charge is 0.343 e. The van der Waals surface area contributed by atoms with Crippen molar-refractivity contribution < 1.29 is 29.3 Å². The summed E-state index contributed by atoms with van der Waals surface area (Å²) in [6, 6.07) is 26.7. The molecule has 0 amide bonds. The first-order chi connectivity index (χ1) is 16.5. The van der Waals surface area contributed by atoms with Gasteiger partial charge in [-0.15, -0.1) is 0 Å². The lowest BCUT2D eigenvalue weighted by molar-refractivity contribution is 0.0725. The summed E-state index contributed by atoms with van der Waals surface area (Å²) in [7, 11) is 0. The molecule has 0 aliphatic heterocycles. The zero-order chi connectivity index (χ0) is 23.7. The molecule has 0 aliphatic rings. The van der Waals surface area contributed by atoms with Crippen molar-refractivity contribution in [1.82, 2.24) is 0 Å². The number of rotatable bonds is 4. The van der Waals surface area contributed by atoms with Crippen LogP contribution < -0.4 is 9.47 Å². The molecule has 166 valence electrons. The lowest BCUT2D eigenvalue weighted by Gasteiger charge is -2.12. The molecule has 2 N–H and O–H groups in total. The molecule has 0 heterocycles. The molecule has 0 bridgehead atoms. The molecule has 0 aromatic heterocycles. The van der Waals surface area contributed by atoms with Crippen LogP contribution in [0.3, 0.4) is 0 Å². The van der Waals surface area contributed by atoms with Gasteiger partial charge in [-0.05, 0) is 59.3 Å². The summed E-state index contributed by atoms with van der Waals surface area (Å²) in [5.74, 6) is -1.19. The third-order valence-electron chi connectivity index (χ3n) is 5.44. The van der Waals surface area contributed by atoms with Crippen LogP contribution in [0.25, 0.3) is 21.5 Å². The summed E-state index contributed by atoms with van der Waals surface area (Å²) in [6.45, 7) is 0. The number of carbonyl (C=O) groups excluding carboxylic acids is 2. The maximum atomic E-state index is 12.6. The Labute approximate surface area is 194 Å². The molecule has 0 unspecified atom stereocenters. The van der Waals surface area contributed by atoms with Crippen molar-refractivity contribution in [2.45, 2.75) is 0 Å². The number of fused-ring (bicyclic) bond motifs is 3. The topological polar surface area (TPSA) is 93.1 Å². The molecule has 34 heavy (non-hydrogen) atoms. The van der Waals surface area contributed by atoms with Crippen LogP contribution in [-0.4, -0.2) is 22.2 Å². The highest BCUT2D eigenvalue weighted by Gasteiger charge is 2.18. The summed E-state index contributed by atoms with van der Waals surface area (Å²) >= 11 is 0. The molecule has 5 aromatic rings. The summed E-state index contributed by atoms with van der Waals surface area (Å²) in [4.78, 5) is 25.1. The highest BCUT2D eigenvalue weighted by Crippen LogP contribution is 2.42. The first kappa shape index (κ1) is 21.0. The zero-order valence-electron chi connectivity index (χ0n) is 17.8. The van der Waals surface area contributed by atoms with Crippen molar-refractivity contribution in [2.75, 3.05) is 0 Å². The van der Waals surface area contributed by atoms with Crippen LogP contribution in [0.2, 0.25) is 0 Å². The van der Waals surface area contributed by atoms with Crippen molar-refractivity contribution in [3.05, 3.63) is 108 Å². The summed E-state index contributed by atoms with van der Waals surface area (Å²) in [5, 5.41) is 23.2. The number of esters is 2. The number of phenols is 2. The molecule has 6 heteroatoms. The largest absolute Gasteiger partial charge is 0.504 e. The molecule has 6 nitrogen and oxygen atoms in total. The quantitative estimate of drug-likeness (QED) is 0.155. The minimum atomic E-state index is -0.592. The van der Waals surface area contributed by atoms with E-state index in [0.29, 0.717) is 22.3 Å². The van der Waals surface area contributed by atoms with E-state index in [1.165, 1.54) is 12.1 Å². The molecule has 0 fully saturated rings. The van der Waals surface area contributed by atoms with Crippen molar-refractivity contribution in [1.29, 1.82) is 0 Å². The van der Waals surface area contributed by atoms with Gasteiger partial charge in [0.05, 0.1) is 11.1 Å². The Balaban J connectivity index is 1.52. The first-order valence-corrected chi connectivity index (χ1v) is 10.5. The summed E-state index contributed by atoms with van der Waals surface area (Å²) in [6.07, 6.45) is 0. The van der Waals surface area contributed by atoms with Crippen molar-refractivity contribution in [3.63, 3.8) is 0 Å². The van der Waals surface area contributed by atoms with Crippen LogP contribution in [0.15, 0.2) is 97.1 Å². The third-order valence-corrected chi connectivity index (χ3v) is 5.44. The fraction of sp³-hybridized carbons (Fsp3) is 0. The summed E-state index contributed by atoms with van der Waals surface area (Å²) < 4.78 is 10.7. The van der Waals surface area contributed by atoms with Gasteiger partial charge in [0.2, 0.25) is 0 Å². The molecule has 0 radical (unpaired) electrons. The van der Waals surface area contributed by atoms with Crippen LogP contribution in [0.5, 0.6) is 23.0 Å². The average Bonchev–Trinajstić information content (AvgIpc) is 2.88. The molecule has 5 aromatic carbocycles. The van der Waals surface area contributed by atoms with Gasteiger partial charge in [0.1, 0.15) is 11.5 Å². The maximum Gasteiger partial charge on any atom is 0.343 e. The van der Waals surface area contributed by atoms with Crippen molar-refractivity contribution in [2.24, 2.45) is 0 Å². The van der Waals surface area contributed by atoms with Gasteiger partial charge in [-0.25, -0.2) is 9.59 Å². The number of carbonyl (C=O) groups is 2. The molecular weight excluding hydrogens is 432 g/mol. The molecule has 0 spiro atoms. The number of ether oxygens (including phenoxy) is 2. The second-order valence-electron chi connectivity index (χ2n) is 7.62. The SMILES string of the molecule is O=C(Oc1ccccc1)c1ccc2c(c1)c(O)c(O)c1cc(C(=O)Oc3ccccc3)ccc12. The zero-order valence-corrected chi connectivity index (χ0v) is 17.8. The predicted molar refractivity (Wildman–Crippen MR) is 128 cm³/mol. The Hall–Kier alpha value is -4.84. The van der Waals surface area contributed by atoms with Gasteiger partial charge in [0.25, 0.3) is 0 Å². The van der Waals surface area contributed by atoms with E-state index >= 15 is 0 Å². The standard InChI is InChI=1S/C28H18O6/c29-25-23-15-17(27(31)33-19-7-3-1-4-8-19)11-13-21(23)22-14-12-18(16-24(22)26(25)30)28(32)34-20-9-5-2-6-10-20/h1-16,29-30H. The Morgan fingerprint density at radius 2 is 0.882 bits per heavy atom. The number of aromatic hydroxyl groups is 2. The molecule has 0 atom stereocenters. The minimum Gasteiger partial charge on any atom is -0.504 e. The van der Waals surface area contributed by atoms with Gasteiger partial charge in [-0.2, -0.15) is 0 Å². The Bertz CT molecular complexity index is 1420. The predicted octanol–water partition coefficient (Wildman–Crippen LogP) is 5.84. The van der Waals surface area contributed by atoms with E-state index in [1.807, 2.05) is 12.1 Å². The van der Waals surface area contributed by atoms with Gasteiger partial charge < -0.3 is 19.7 Å². The van der Waals surface area contributed by atoms with Crippen LogP contribution in [0.4, 0.5) is 0 Å². The molecular formula is C28H18O6. The third kappa shape index (κ3) is 3.89. The first-order valence-electron chi connectivity index (χ1n) is 10.5. The van der Waals surface area contributed by atoms with Gasteiger partial charge in [0, 0.05) is 10.8 Å². The van der Waals surface area contributed by atoms with Crippen molar-refractivity contribution in [3.8, 4) is 23.0 Å². The molecule has 5 rings (SSSR count). The Kier molecular flexibility index (Phi) is 5.32. The van der Waals surface area contributed by atoms with E-state index in [0.717, 1.165) is 0 Å². The van der Waals surface area contributed by atoms with E-state index in [2.05, 4.69) is 0 Å². The Morgan fingerprint density at radius 3 is 1.26 bits per heavy atom. The normalized spacial score (nSPS) is 10.8. The lowest BCUT2D eigenvalue weighted by atomic mass is 9.97. The maximum absolute atomic E-state index is 12.6. The fourth-order valence-electron chi connectivity index (χ4n) is 3.77. The van der Waals surface area contributed by atoms with Gasteiger partial charge >= 0.3 is 11.9 Å². The van der Waals surface area contributed by atoms with E-state index in [4.69, 9.17) is 9.47 Å². The number of phenolic OH excluding ortho intramolecular Hbond substituents is 2. The van der Waals surface area contributed by atoms with Crippen LogP contribution in [-0.2, 0) is 0 Å². The van der Waals surface area contributed by atoms with Crippen LogP contribution in [0.1, 0.15) is 20.7 Å². The molecule has 0 saturated carbocycles. The monoisotopic (exact) mass is 450 g/mol. The van der Waals surface area contributed by atoms with Gasteiger partial charge in [0.15, 0.2) is 11.5 Å².